The molecule has 0 N–H and O–H groups in total. The average molecular weight is 294 g/mol. The fourth-order valence-corrected chi connectivity index (χ4v) is 1.48. The van der Waals surface area contributed by atoms with Gasteiger partial charge in [-0.05, 0) is 32.0 Å². The van der Waals surface area contributed by atoms with Crippen molar-refractivity contribution < 1.29 is 31.8 Å². The van der Waals surface area contributed by atoms with Gasteiger partial charge in [-0.1, -0.05) is 0 Å². The number of hydrogen-bond donors (Lipinski definition) is 0. The first-order chi connectivity index (χ1) is 9.34. The summed E-state index contributed by atoms with van der Waals surface area (Å²) in [5.41, 5.74) is -0.554. The van der Waals surface area contributed by atoms with Crippen LogP contribution in [-0.4, -0.2) is 31.3 Å². The maximum Gasteiger partial charge on any atom is 0.368 e. The van der Waals surface area contributed by atoms with E-state index >= 15 is 0 Å². The lowest BCUT2D eigenvalue weighted by atomic mass is 10.1. The largest absolute Gasteiger partial charge is 0.490 e. The Kier molecular flexibility index (Phi) is 5.35. The molecule has 7 heteroatoms. The van der Waals surface area contributed by atoms with Crippen LogP contribution in [0.15, 0.2) is 18.2 Å². The molecule has 0 aromatic heterocycles. The number of carbonyl (C=O) groups excluding carboxylic acids is 1. The molecule has 1 rings (SSSR count). The monoisotopic (exact) mass is 294 g/mol. The molecule has 0 aliphatic rings. The molecule has 0 saturated heterocycles. The summed E-state index contributed by atoms with van der Waals surface area (Å²) in [5, 5.41) is 0. The topological polar surface area (TPSA) is 35.5 Å². The molecule has 0 aliphatic carbocycles. The zero-order chi connectivity index (χ0) is 15.3. The summed E-state index contributed by atoms with van der Waals surface area (Å²) in [6, 6.07) is 3.22. The van der Waals surface area contributed by atoms with Gasteiger partial charge in [-0.15, -0.1) is 0 Å². The fraction of sp³-hybridized carbons (Fsp3) is 0.462. The zero-order valence-electron chi connectivity index (χ0n) is 11.0. The highest BCUT2D eigenvalue weighted by atomic mass is 19.3. The van der Waals surface area contributed by atoms with Gasteiger partial charge in [0.1, 0.15) is 0 Å². The van der Waals surface area contributed by atoms with Crippen molar-refractivity contribution in [2.24, 2.45) is 0 Å². The number of ketones is 1. The van der Waals surface area contributed by atoms with E-state index in [1.807, 2.05) is 0 Å². The summed E-state index contributed by atoms with van der Waals surface area (Å²) in [7, 11) is 0. The van der Waals surface area contributed by atoms with Crippen LogP contribution in [-0.2, 0) is 0 Å². The van der Waals surface area contributed by atoms with Gasteiger partial charge in [-0.2, -0.15) is 8.78 Å². The SMILES string of the molecule is CCOc1ccc(C(=O)C(F)(F)C(F)F)cc1OCC. The van der Waals surface area contributed by atoms with Crippen molar-refractivity contribution >= 4 is 5.78 Å². The second-order valence-corrected chi connectivity index (χ2v) is 3.78. The van der Waals surface area contributed by atoms with Gasteiger partial charge >= 0.3 is 12.3 Å². The second kappa shape index (κ2) is 6.58. The molecule has 112 valence electrons. The van der Waals surface area contributed by atoms with Gasteiger partial charge in [0, 0.05) is 5.56 Å². The van der Waals surface area contributed by atoms with E-state index in [9.17, 15) is 22.4 Å². The van der Waals surface area contributed by atoms with Gasteiger partial charge in [-0.3, -0.25) is 4.79 Å². The van der Waals surface area contributed by atoms with Crippen LogP contribution in [0.25, 0.3) is 0 Å². The third-order valence-electron chi connectivity index (χ3n) is 2.38. The van der Waals surface area contributed by atoms with Crippen LogP contribution < -0.4 is 9.47 Å². The third kappa shape index (κ3) is 3.40. The number of halogens is 4. The number of Topliss-reactive ketones (excluding diaryl/α,β-unsaturated/α-hetero) is 1. The Hall–Kier alpha value is -1.79. The number of rotatable bonds is 7. The minimum atomic E-state index is -4.73. The van der Waals surface area contributed by atoms with E-state index in [4.69, 9.17) is 9.47 Å². The number of ether oxygens (including phenoxy) is 2. The Balaban J connectivity index is 3.14. The smallest absolute Gasteiger partial charge is 0.368 e. The normalized spacial score (nSPS) is 11.6. The van der Waals surface area contributed by atoms with E-state index in [-0.39, 0.29) is 18.1 Å². The first kappa shape index (κ1) is 16.3. The molecule has 1 aromatic carbocycles. The highest BCUT2D eigenvalue weighted by molar-refractivity contribution is 6.02. The predicted octanol–water partition coefficient (Wildman–Crippen LogP) is 3.57. The van der Waals surface area contributed by atoms with E-state index < -0.39 is 23.7 Å². The van der Waals surface area contributed by atoms with E-state index in [1.54, 1.807) is 13.8 Å². The van der Waals surface area contributed by atoms with Crippen LogP contribution in [0.5, 0.6) is 11.5 Å². The summed E-state index contributed by atoms with van der Waals surface area (Å²) in [5.74, 6) is -6.36. The van der Waals surface area contributed by atoms with Crippen LogP contribution in [0, 0.1) is 0 Å². The molecule has 0 aliphatic heterocycles. The van der Waals surface area contributed by atoms with Crippen molar-refractivity contribution in [2.75, 3.05) is 13.2 Å². The molecule has 0 bridgehead atoms. The second-order valence-electron chi connectivity index (χ2n) is 3.78. The Morgan fingerprint density at radius 3 is 2.20 bits per heavy atom. The van der Waals surface area contributed by atoms with Gasteiger partial charge in [0.2, 0.25) is 5.78 Å². The van der Waals surface area contributed by atoms with Crippen molar-refractivity contribution in [1.82, 2.24) is 0 Å². The number of alkyl halides is 4. The predicted molar refractivity (Wildman–Crippen MR) is 64.1 cm³/mol. The van der Waals surface area contributed by atoms with Crippen molar-refractivity contribution in [3.8, 4) is 11.5 Å². The van der Waals surface area contributed by atoms with Gasteiger partial charge in [0.25, 0.3) is 0 Å². The van der Waals surface area contributed by atoms with Crippen LogP contribution in [0.2, 0.25) is 0 Å². The van der Waals surface area contributed by atoms with Crippen LogP contribution in [0.1, 0.15) is 24.2 Å². The summed E-state index contributed by atoms with van der Waals surface area (Å²) in [4.78, 5) is 11.4. The average Bonchev–Trinajstić information content (AvgIpc) is 2.40. The number of benzene rings is 1. The molecular formula is C13H14F4O3. The Bertz CT molecular complexity index is 475. The molecule has 0 heterocycles. The first-order valence-corrected chi connectivity index (χ1v) is 5.95. The summed E-state index contributed by atoms with van der Waals surface area (Å²) in [6.07, 6.45) is -4.06. The van der Waals surface area contributed by atoms with E-state index in [2.05, 4.69) is 0 Å². The van der Waals surface area contributed by atoms with Crippen molar-refractivity contribution in [2.45, 2.75) is 26.2 Å². The van der Waals surface area contributed by atoms with E-state index in [0.29, 0.717) is 6.61 Å². The van der Waals surface area contributed by atoms with Gasteiger partial charge < -0.3 is 9.47 Å². The van der Waals surface area contributed by atoms with Gasteiger partial charge in [0.05, 0.1) is 13.2 Å². The van der Waals surface area contributed by atoms with Crippen LogP contribution in [0.4, 0.5) is 17.6 Å². The first-order valence-electron chi connectivity index (χ1n) is 5.95. The van der Waals surface area contributed by atoms with Crippen molar-refractivity contribution in [3.63, 3.8) is 0 Å². The molecule has 20 heavy (non-hydrogen) atoms. The van der Waals surface area contributed by atoms with Gasteiger partial charge in [0.15, 0.2) is 11.5 Å². The minimum Gasteiger partial charge on any atom is -0.490 e. The Morgan fingerprint density at radius 2 is 1.70 bits per heavy atom. The molecule has 0 spiro atoms. The molecular weight excluding hydrogens is 280 g/mol. The van der Waals surface area contributed by atoms with Crippen molar-refractivity contribution in [3.05, 3.63) is 23.8 Å². The lowest BCUT2D eigenvalue weighted by molar-refractivity contribution is -0.0958. The number of hydrogen-bond acceptors (Lipinski definition) is 3. The molecule has 0 amide bonds. The lowest BCUT2D eigenvalue weighted by Gasteiger charge is -2.16. The Labute approximate surface area is 113 Å². The highest BCUT2D eigenvalue weighted by Crippen LogP contribution is 2.33. The molecule has 0 fully saturated rings. The van der Waals surface area contributed by atoms with Crippen LogP contribution >= 0.6 is 0 Å². The summed E-state index contributed by atoms with van der Waals surface area (Å²) < 4.78 is 60.7. The van der Waals surface area contributed by atoms with Crippen LogP contribution in [0.3, 0.4) is 0 Å². The molecule has 0 unspecified atom stereocenters. The maximum atomic E-state index is 13.0. The quantitative estimate of drug-likeness (QED) is 0.569. The molecule has 0 radical (unpaired) electrons. The zero-order valence-corrected chi connectivity index (χ0v) is 11.0. The standard InChI is InChI=1S/C13H14F4O3/c1-3-19-9-6-5-8(7-10(9)20-4-2)11(18)13(16,17)12(14)15/h5-7,12H,3-4H2,1-2H3. The third-order valence-corrected chi connectivity index (χ3v) is 2.38. The van der Waals surface area contributed by atoms with E-state index in [1.165, 1.54) is 6.07 Å². The lowest BCUT2D eigenvalue weighted by Crippen LogP contribution is -2.36. The maximum absolute atomic E-state index is 13.0. The Morgan fingerprint density at radius 1 is 1.15 bits per heavy atom. The van der Waals surface area contributed by atoms with Gasteiger partial charge in [-0.25, -0.2) is 8.78 Å². The molecule has 0 atom stereocenters. The molecule has 0 saturated carbocycles. The number of carbonyl (C=O) groups is 1. The molecule has 3 nitrogen and oxygen atoms in total. The summed E-state index contributed by atoms with van der Waals surface area (Å²) >= 11 is 0. The highest BCUT2D eigenvalue weighted by Gasteiger charge is 2.49. The minimum absolute atomic E-state index is 0.0604. The van der Waals surface area contributed by atoms with E-state index in [0.717, 1.165) is 12.1 Å². The summed E-state index contributed by atoms with van der Waals surface area (Å²) in [6.45, 7) is 3.88. The fourth-order valence-electron chi connectivity index (χ4n) is 1.48. The molecule has 1 aromatic rings. The van der Waals surface area contributed by atoms with Crippen molar-refractivity contribution in [1.29, 1.82) is 0 Å².